The molecule has 1 rings (SSSR count). The Morgan fingerprint density at radius 3 is 2.57 bits per heavy atom. The van der Waals surface area contributed by atoms with Crippen LogP contribution in [0.4, 0.5) is 0 Å². The molecule has 124 valence electrons. The number of hydrogen-bond acceptors (Lipinski definition) is 4. The van der Waals surface area contributed by atoms with Crippen LogP contribution in [-0.4, -0.2) is 56.7 Å². The Kier molecular flexibility index (Phi) is 10.5. The molecule has 0 bridgehead atoms. The summed E-state index contributed by atoms with van der Waals surface area (Å²) in [4.78, 5) is 14.4. The van der Waals surface area contributed by atoms with Crippen molar-refractivity contribution in [3.8, 4) is 0 Å². The van der Waals surface area contributed by atoms with Gasteiger partial charge in [-0.25, -0.2) is 0 Å². The molecule has 3 N–H and O–H groups in total. The number of rotatable bonds is 10. The highest BCUT2D eigenvalue weighted by atomic mass is 16.5. The number of nitrogens with two attached hydrogens (primary N) is 1. The van der Waals surface area contributed by atoms with Crippen molar-refractivity contribution in [2.75, 3.05) is 39.9 Å². The Morgan fingerprint density at radius 1 is 1.24 bits per heavy atom. The van der Waals surface area contributed by atoms with Crippen LogP contribution in [0, 0.1) is 0 Å². The van der Waals surface area contributed by atoms with Crippen molar-refractivity contribution >= 4 is 5.91 Å². The first-order valence-electron chi connectivity index (χ1n) is 8.47. The SMILES string of the molecule is COCCCNC(=O)CN(CCCN)C1CCCCCC1. The number of nitrogens with zero attached hydrogens (tertiary/aromatic N) is 1. The lowest BCUT2D eigenvalue weighted by Gasteiger charge is -2.30. The molecule has 0 aromatic heterocycles. The summed E-state index contributed by atoms with van der Waals surface area (Å²) < 4.78 is 4.99. The van der Waals surface area contributed by atoms with Gasteiger partial charge in [0.25, 0.3) is 0 Å². The van der Waals surface area contributed by atoms with Gasteiger partial charge in [0.1, 0.15) is 0 Å². The lowest BCUT2D eigenvalue weighted by Crippen LogP contribution is -2.44. The molecular weight excluding hydrogens is 266 g/mol. The van der Waals surface area contributed by atoms with Gasteiger partial charge in [0.15, 0.2) is 0 Å². The molecule has 1 aliphatic carbocycles. The van der Waals surface area contributed by atoms with Crippen molar-refractivity contribution < 1.29 is 9.53 Å². The van der Waals surface area contributed by atoms with Gasteiger partial charge in [-0.05, 0) is 32.2 Å². The van der Waals surface area contributed by atoms with Crippen LogP contribution >= 0.6 is 0 Å². The van der Waals surface area contributed by atoms with E-state index in [1.54, 1.807) is 7.11 Å². The second kappa shape index (κ2) is 12.0. The molecule has 1 amide bonds. The van der Waals surface area contributed by atoms with Gasteiger partial charge in [0.2, 0.25) is 5.91 Å². The molecule has 0 aliphatic heterocycles. The van der Waals surface area contributed by atoms with E-state index in [4.69, 9.17) is 10.5 Å². The average molecular weight is 299 g/mol. The molecule has 0 heterocycles. The van der Waals surface area contributed by atoms with Gasteiger partial charge < -0.3 is 15.8 Å². The second-order valence-electron chi connectivity index (χ2n) is 5.95. The minimum atomic E-state index is 0.132. The zero-order chi connectivity index (χ0) is 15.3. The fourth-order valence-corrected chi connectivity index (χ4v) is 2.99. The Morgan fingerprint density at radius 2 is 1.95 bits per heavy atom. The summed E-state index contributed by atoms with van der Waals surface area (Å²) in [5, 5.41) is 2.99. The summed E-state index contributed by atoms with van der Waals surface area (Å²) in [7, 11) is 1.68. The Bertz CT molecular complexity index is 266. The smallest absolute Gasteiger partial charge is 0.234 e. The Balaban J connectivity index is 2.38. The zero-order valence-electron chi connectivity index (χ0n) is 13.6. The van der Waals surface area contributed by atoms with Crippen molar-refractivity contribution in [2.24, 2.45) is 5.73 Å². The zero-order valence-corrected chi connectivity index (χ0v) is 13.6. The molecular formula is C16H33N3O2. The number of hydrogen-bond donors (Lipinski definition) is 2. The topological polar surface area (TPSA) is 67.6 Å². The highest BCUT2D eigenvalue weighted by Gasteiger charge is 2.21. The molecule has 0 aromatic carbocycles. The van der Waals surface area contributed by atoms with Crippen LogP contribution < -0.4 is 11.1 Å². The fraction of sp³-hybridized carbons (Fsp3) is 0.938. The van der Waals surface area contributed by atoms with Crippen LogP contribution in [0.15, 0.2) is 0 Å². The lowest BCUT2D eigenvalue weighted by atomic mass is 10.1. The van der Waals surface area contributed by atoms with Gasteiger partial charge in [-0.3, -0.25) is 9.69 Å². The predicted octanol–water partition coefficient (Wildman–Crippen LogP) is 1.51. The van der Waals surface area contributed by atoms with E-state index < -0.39 is 0 Å². The van der Waals surface area contributed by atoms with Crippen LogP contribution in [0.25, 0.3) is 0 Å². The monoisotopic (exact) mass is 299 g/mol. The van der Waals surface area contributed by atoms with Crippen molar-refractivity contribution in [3.63, 3.8) is 0 Å². The molecule has 21 heavy (non-hydrogen) atoms. The second-order valence-corrected chi connectivity index (χ2v) is 5.95. The molecule has 1 saturated carbocycles. The summed E-state index contributed by atoms with van der Waals surface area (Å²) in [5.74, 6) is 0.132. The van der Waals surface area contributed by atoms with Gasteiger partial charge in [-0.15, -0.1) is 0 Å². The first kappa shape index (κ1) is 18.4. The summed E-state index contributed by atoms with van der Waals surface area (Å²) in [6.45, 7) is 3.53. The third kappa shape index (κ3) is 8.39. The molecule has 1 fully saturated rings. The predicted molar refractivity (Wildman–Crippen MR) is 86.2 cm³/mol. The summed E-state index contributed by atoms with van der Waals surface area (Å²) in [6, 6.07) is 0.559. The van der Waals surface area contributed by atoms with Crippen LogP contribution in [0.5, 0.6) is 0 Å². The van der Waals surface area contributed by atoms with E-state index in [2.05, 4.69) is 10.2 Å². The molecule has 1 aliphatic rings. The molecule has 0 radical (unpaired) electrons. The maximum Gasteiger partial charge on any atom is 0.234 e. The third-order valence-electron chi connectivity index (χ3n) is 4.18. The highest BCUT2D eigenvalue weighted by molar-refractivity contribution is 5.78. The van der Waals surface area contributed by atoms with Crippen molar-refractivity contribution in [3.05, 3.63) is 0 Å². The van der Waals surface area contributed by atoms with Gasteiger partial charge in [-0.2, -0.15) is 0 Å². The standard InChI is InChI=1S/C16H33N3O2/c1-21-13-7-11-18-16(20)14-19(12-6-10-17)15-8-4-2-3-5-9-15/h15H,2-14,17H2,1H3,(H,18,20). The summed E-state index contributed by atoms with van der Waals surface area (Å²) >= 11 is 0. The van der Waals surface area contributed by atoms with E-state index in [0.717, 1.165) is 19.4 Å². The van der Waals surface area contributed by atoms with Crippen molar-refractivity contribution in [2.45, 2.75) is 57.4 Å². The van der Waals surface area contributed by atoms with Crippen LogP contribution in [0.2, 0.25) is 0 Å². The maximum atomic E-state index is 12.1. The molecule has 5 nitrogen and oxygen atoms in total. The van der Waals surface area contributed by atoms with E-state index in [0.29, 0.717) is 32.3 Å². The largest absolute Gasteiger partial charge is 0.385 e. The van der Waals surface area contributed by atoms with Gasteiger partial charge in [0, 0.05) is 32.8 Å². The molecule has 0 saturated heterocycles. The van der Waals surface area contributed by atoms with Gasteiger partial charge in [-0.1, -0.05) is 25.7 Å². The molecule has 0 atom stereocenters. The lowest BCUT2D eigenvalue weighted by molar-refractivity contribution is -0.122. The number of ether oxygens (including phenoxy) is 1. The van der Waals surface area contributed by atoms with Crippen LogP contribution in [-0.2, 0) is 9.53 Å². The molecule has 0 unspecified atom stereocenters. The van der Waals surface area contributed by atoms with E-state index in [1.807, 2.05) is 0 Å². The Labute approximate surface area is 129 Å². The number of nitrogens with one attached hydrogen (secondary N) is 1. The van der Waals surface area contributed by atoms with E-state index in [9.17, 15) is 4.79 Å². The average Bonchev–Trinajstić information content (AvgIpc) is 2.77. The first-order chi connectivity index (χ1) is 10.3. The van der Waals surface area contributed by atoms with Crippen molar-refractivity contribution in [1.29, 1.82) is 0 Å². The minimum Gasteiger partial charge on any atom is -0.385 e. The molecule has 0 aromatic rings. The van der Waals surface area contributed by atoms with E-state index >= 15 is 0 Å². The van der Waals surface area contributed by atoms with Gasteiger partial charge >= 0.3 is 0 Å². The van der Waals surface area contributed by atoms with Crippen LogP contribution in [0.1, 0.15) is 51.4 Å². The van der Waals surface area contributed by atoms with Crippen molar-refractivity contribution in [1.82, 2.24) is 10.2 Å². The minimum absolute atomic E-state index is 0.132. The van der Waals surface area contributed by atoms with E-state index in [-0.39, 0.29) is 5.91 Å². The molecule has 5 heteroatoms. The summed E-state index contributed by atoms with van der Waals surface area (Å²) in [6.07, 6.45) is 9.54. The maximum absolute atomic E-state index is 12.1. The first-order valence-corrected chi connectivity index (χ1v) is 8.47. The van der Waals surface area contributed by atoms with E-state index in [1.165, 1.54) is 38.5 Å². The highest BCUT2D eigenvalue weighted by Crippen LogP contribution is 2.21. The number of carbonyl (C=O) groups is 1. The normalized spacial score (nSPS) is 16.9. The third-order valence-corrected chi connectivity index (χ3v) is 4.18. The Hall–Kier alpha value is -0.650. The fourth-order valence-electron chi connectivity index (χ4n) is 2.99. The number of amides is 1. The van der Waals surface area contributed by atoms with Gasteiger partial charge in [0.05, 0.1) is 6.54 Å². The van der Waals surface area contributed by atoms with Crippen LogP contribution in [0.3, 0.4) is 0 Å². The summed E-state index contributed by atoms with van der Waals surface area (Å²) in [5.41, 5.74) is 5.64. The molecule has 0 spiro atoms. The quantitative estimate of drug-likeness (QED) is 0.474. The number of methoxy groups -OCH3 is 1. The number of carbonyl (C=O) groups excluding carboxylic acids is 1.